The summed E-state index contributed by atoms with van der Waals surface area (Å²) < 4.78 is 5.87. The van der Waals surface area contributed by atoms with Gasteiger partial charge in [0.1, 0.15) is 5.60 Å². The molecule has 0 heterocycles. The Morgan fingerprint density at radius 2 is 2.05 bits per heavy atom. The molecule has 0 aliphatic rings. The van der Waals surface area contributed by atoms with Crippen LogP contribution in [0.5, 0.6) is 0 Å². The van der Waals surface area contributed by atoms with Crippen LogP contribution >= 0.6 is 15.9 Å². The van der Waals surface area contributed by atoms with Gasteiger partial charge in [-0.2, -0.15) is 0 Å². The zero-order chi connectivity index (χ0) is 16.0. The first-order valence-corrected chi connectivity index (χ1v) is 7.14. The van der Waals surface area contributed by atoms with Crippen molar-refractivity contribution in [3.63, 3.8) is 0 Å². The highest BCUT2D eigenvalue weighted by Gasteiger charge is 2.15. The Balaban J connectivity index is 2.64. The summed E-state index contributed by atoms with van der Waals surface area (Å²) in [6, 6.07) is 4.89. The number of amides is 1. The number of ether oxygens (including phenoxy) is 1. The first kappa shape index (κ1) is 17.2. The van der Waals surface area contributed by atoms with Gasteiger partial charge in [0.25, 0.3) is 0 Å². The molecule has 1 rings (SSSR count). The topological polar surface area (TPSA) is 75.6 Å². The first-order chi connectivity index (χ1) is 9.69. The van der Waals surface area contributed by atoms with E-state index in [1.54, 1.807) is 45.1 Å². The summed E-state index contributed by atoms with van der Waals surface area (Å²) in [6.45, 7) is 5.59. The lowest BCUT2D eigenvalue weighted by Crippen LogP contribution is -2.32. The summed E-state index contributed by atoms with van der Waals surface area (Å²) in [5, 5.41) is 11.7. The van der Waals surface area contributed by atoms with Gasteiger partial charge >= 0.3 is 12.1 Å². The average molecular weight is 356 g/mol. The Morgan fingerprint density at radius 1 is 1.38 bits per heavy atom. The quantitative estimate of drug-likeness (QED) is 0.863. The van der Waals surface area contributed by atoms with Crippen LogP contribution in [0.15, 0.2) is 28.7 Å². The van der Waals surface area contributed by atoms with E-state index in [1.165, 1.54) is 6.07 Å². The fourth-order valence-corrected chi connectivity index (χ4v) is 1.89. The van der Waals surface area contributed by atoms with E-state index in [-0.39, 0.29) is 12.1 Å². The standard InChI is InChI=1S/C15H18BrNO4/c1-15(2,3)21-14(20)17-8-4-5-10-9-11(16)6-7-12(10)13(18)19/h4-7,9H,8H2,1-3H3,(H,17,20)(H,18,19). The van der Waals surface area contributed by atoms with Gasteiger partial charge in [-0.1, -0.05) is 28.1 Å². The predicted octanol–water partition coefficient (Wildman–Crippen LogP) is 3.69. The number of rotatable bonds is 4. The third-order valence-corrected chi connectivity index (χ3v) is 2.80. The number of hydrogen-bond donors (Lipinski definition) is 2. The van der Waals surface area contributed by atoms with E-state index in [1.807, 2.05) is 0 Å². The van der Waals surface area contributed by atoms with E-state index >= 15 is 0 Å². The average Bonchev–Trinajstić information content (AvgIpc) is 2.32. The van der Waals surface area contributed by atoms with Gasteiger partial charge in [0.05, 0.1) is 5.56 Å². The Morgan fingerprint density at radius 3 is 2.62 bits per heavy atom. The zero-order valence-electron chi connectivity index (χ0n) is 12.1. The lowest BCUT2D eigenvalue weighted by Gasteiger charge is -2.19. The fraction of sp³-hybridized carbons (Fsp3) is 0.333. The molecule has 114 valence electrons. The van der Waals surface area contributed by atoms with Crippen molar-refractivity contribution in [3.8, 4) is 0 Å². The van der Waals surface area contributed by atoms with Crippen molar-refractivity contribution in [1.29, 1.82) is 0 Å². The Kier molecular flexibility index (Phi) is 5.96. The second-order valence-electron chi connectivity index (χ2n) is 5.32. The van der Waals surface area contributed by atoms with Crippen LogP contribution in [-0.2, 0) is 4.74 Å². The van der Waals surface area contributed by atoms with Crippen molar-refractivity contribution in [2.24, 2.45) is 0 Å². The van der Waals surface area contributed by atoms with Crippen molar-refractivity contribution in [2.75, 3.05) is 6.54 Å². The summed E-state index contributed by atoms with van der Waals surface area (Å²) in [5.41, 5.74) is 0.212. The molecule has 21 heavy (non-hydrogen) atoms. The number of nitrogens with one attached hydrogen (secondary N) is 1. The van der Waals surface area contributed by atoms with Crippen LogP contribution < -0.4 is 5.32 Å². The summed E-state index contributed by atoms with van der Waals surface area (Å²) >= 11 is 3.29. The lowest BCUT2D eigenvalue weighted by atomic mass is 10.1. The predicted molar refractivity (Wildman–Crippen MR) is 84.4 cm³/mol. The van der Waals surface area contributed by atoms with Crippen molar-refractivity contribution in [1.82, 2.24) is 5.32 Å². The number of alkyl carbamates (subject to hydrolysis) is 1. The van der Waals surface area contributed by atoms with Gasteiger partial charge in [-0.25, -0.2) is 9.59 Å². The third kappa shape index (κ3) is 6.44. The van der Waals surface area contributed by atoms with Gasteiger partial charge in [0.2, 0.25) is 0 Å². The van der Waals surface area contributed by atoms with Crippen LogP contribution in [0.3, 0.4) is 0 Å². The van der Waals surface area contributed by atoms with Crippen molar-refractivity contribution in [3.05, 3.63) is 39.9 Å². The highest BCUT2D eigenvalue weighted by Crippen LogP contribution is 2.18. The molecule has 0 fully saturated rings. The molecule has 0 atom stereocenters. The molecule has 0 saturated heterocycles. The van der Waals surface area contributed by atoms with E-state index in [2.05, 4.69) is 21.2 Å². The molecular formula is C15H18BrNO4. The molecular weight excluding hydrogens is 338 g/mol. The van der Waals surface area contributed by atoms with Gasteiger partial charge in [0, 0.05) is 11.0 Å². The van der Waals surface area contributed by atoms with Crippen LogP contribution in [0.25, 0.3) is 6.08 Å². The molecule has 0 bridgehead atoms. The number of carboxylic acid groups (broad SMARTS) is 1. The molecule has 0 saturated carbocycles. The fourth-order valence-electron chi connectivity index (χ4n) is 1.51. The number of carbonyl (C=O) groups is 2. The van der Waals surface area contributed by atoms with Crippen molar-refractivity contribution >= 4 is 34.1 Å². The van der Waals surface area contributed by atoms with E-state index in [4.69, 9.17) is 9.84 Å². The molecule has 2 N–H and O–H groups in total. The number of carboxylic acids is 1. The highest BCUT2D eigenvalue weighted by atomic mass is 79.9. The molecule has 0 unspecified atom stereocenters. The van der Waals surface area contributed by atoms with Crippen LogP contribution in [0.1, 0.15) is 36.7 Å². The maximum absolute atomic E-state index is 11.4. The Hall–Kier alpha value is -1.82. The van der Waals surface area contributed by atoms with E-state index < -0.39 is 17.7 Å². The number of halogens is 1. The number of benzene rings is 1. The smallest absolute Gasteiger partial charge is 0.407 e. The van der Waals surface area contributed by atoms with Crippen LogP contribution in [0.2, 0.25) is 0 Å². The SMILES string of the molecule is CC(C)(C)OC(=O)NCC=Cc1cc(Br)ccc1C(=O)O. The summed E-state index contributed by atoms with van der Waals surface area (Å²) in [4.78, 5) is 22.5. The Bertz CT molecular complexity index is 561. The molecule has 6 heteroatoms. The molecule has 0 aliphatic heterocycles. The van der Waals surface area contributed by atoms with E-state index in [0.717, 1.165) is 4.47 Å². The number of hydrogen-bond acceptors (Lipinski definition) is 3. The zero-order valence-corrected chi connectivity index (χ0v) is 13.7. The first-order valence-electron chi connectivity index (χ1n) is 6.35. The van der Waals surface area contributed by atoms with E-state index in [9.17, 15) is 9.59 Å². The van der Waals surface area contributed by atoms with Gasteiger partial charge in [-0.15, -0.1) is 0 Å². The minimum absolute atomic E-state index is 0.201. The molecule has 0 aliphatic carbocycles. The minimum atomic E-state index is -0.998. The van der Waals surface area contributed by atoms with Crippen molar-refractivity contribution in [2.45, 2.75) is 26.4 Å². The molecule has 0 aromatic heterocycles. The van der Waals surface area contributed by atoms with Crippen molar-refractivity contribution < 1.29 is 19.4 Å². The summed E-state index contributed by atoms with van der Waals surface area (Å²) in [6.07, 6.45) is 2.80. The molecule has 1 aromatic carbocycles. The van der Waals surface area contributed by atoms with Gasteiger partial charge in [-0.05, 0) is 44.5 Å². The normalized spacial score (nSPS) is 11.4. The molecule has 1 aromatic rings. The van der Waals surface area contributed by atoms with Gasteiger partial charge < -0.3 is 15.2 Å². The molecule has 1 amide bonds. The van der Waals surface area contributed by atoms with Gasteiger partial charge in [-0.3, -0.25) is 0 Å². The van der Waals surface area contributed by atoms with Gasteiger partial charge in [0.15, 0.2) is 0 Å². The lowest BCUT2D eigenvalue weighted by molar-refractivity contribution is 0.0533. The maximum atomic E-state index is 11.4. The van der Waals surface area contributed by atoms with Crippen LogP contribution in [-0.4, -0.2) is 29.3 Å². The third-order valence-electron chi connectivity index (χ3n) is 2.30. The largest absolute Gasteiger partial charge is 0.478 e. The summed E-state index contributed by atoms with van der Waals surface area (Å²) in [7, 11) is 0. The number of aromatic carboxylic acids is 1. The second kappa shape index (κ2) is 7.26. The number of carbonyl (C=O) groups excluding carboxylic acids is 1. The Labute approximate surface area is 132 Å². The molecule has 0 radical (unpaired) electrons. The minimum Gasteiger partial charge on any atom is -0.478 e. The monoisotopic (exact) mass is 355 g/mol. The van der Waals surface area contributed by atoms with Crippen LogP contribution in [0, 0.1) is 0 Å². The van der Waals surface area contributed by atoms with Crippen LogP contribution in [0.4, 0.5) is 4.79 Å². The molecule has 0 spiro atoms. The highest BCUT2D eigenvalue weighted by molar-refractivity contribution is 9.10. The molecule has 5 nitrogen and oxygen atoms in total. The maximum Gasteiger partial charge on any atom is 0.407 e. The second-order valence-corrected chi connectivity index (χ2v) is 6.24. The summed E-state index contributed by atoms with van der Waals surface area (Å²) in [5.74, 6) is -0.998. The van der Waals surface area contributed by atoms with E-state index in [0.29, 0.717) is 5.56 Å².